The predicted molar refractivity (Wildman–Crippen MR) is 7.36 cm³/mol. The molecule has 0 saturated carbocycles. The number of quaternary nitrogens is 1. The molecule has 0 aromatic rings. The summed E-state index contributed by atoms with van der Waals surface area (Å²) in [5, 5.41) is 0. The third kappa shape index (κ3) is 231. The van der Waals surface area contributed by atoms with Crippen molar-refractivity contribution in [1.29, 1.82) is 0 Å². The van der Waals surface area contributed by atoms with Crippen LogP contribution in [0.5, 0.6) is 0 Å². The fourth-order valence-corrected chi connectivity index (χ4v) is 0. The zero-order valence-electron chi connectivity index (χ0n) is 3.42. The van der Waals surface area contributed by atoms with Gasteiger partial charge in [0, 0.05) is 0 Å². The van der Waals surface area contributed by atoms with Crippen LogP contribution in [0.3, 0.4) is 0 Å². The van der Waals surface area contributed by atoms with Gasteiger partial charge >= 0.3 is 51.9 Å². The molecule has 7 heteroatoms. The van der Waals surface area contributed by atoms with Crippen LogP contribution in [-0.2, 0) is 44.2 Å². The summed E-state index contributed by atoms with van der Waals surface area (Å²) in [4.78, 5) is 0. The van der Waals surface area contributed by atoms with Crippen molar-refractivity contribution in [2.75, 3.05) is 0 Å². The van der Waals surface area contributed by atoms with Crippen molar-refractivity contribution in [3.05, 3.63) is 0 Å². The molecule has 1 radical (unpaired) electrons. The summed E-state index contributed by atoms with van der Waals surface area (Å²) < 4.78 is 34.6. The Labute approximate surface area is 58.1 Å². The van der Waals surface area contributed by atoms with Crippen molar-refractivity contribution in [2.24, 2.45) is 0 Å². The first-order valence-electron chi connectivity index (χ1n) is 0.617. The minimum atomic E-state index is -6.11. The Bertz CT molecular complexity index is 94.9. The van der Waals surface area contributed by atoms with E-state index >= 15 is 0 Å². The molecule has 0 bridgehead atoms. The van der Waals surface area contributed by atoms with Gasteiger partial charge < -0.3 is 6.15 Å². The average Bonchev–Trinajstić information content (AvgIpc) is 0.722. The van der Waals surface area contributed by atoms with E-state index in [0.717, 1.165) is 0 Å². The Balaban J connectivity index is -0.0000000800. The van der Waals surface area contributed by atoms with Gasteiger partial charge in [0.2, 0.25) is 0 Å². The van der Waals surface area contributed by atoms with Gasteiger partial charge in [0.15, 0.2) is 0 Å². The van der Waals surface area contributed by atoms with Crippen molar-refractivity contribution < 1.29 is 51.9 Å². The third-order valence-corrected chi connectivity index (χ3v) is 0. The molecule has 4 N–H and O–H groups in total. The number of rotatable bonds is 0. The normalized spacial score (nSPS) is 8.29. The van der Waals surface area contributed by atoms with Gasteiger partial charge in [-0.05, 0) is 0 Å². The van der Waals surface area contributed by atoms with Gasteiger partial charge in [-0.15, -0.1) is 0 Å². The first-order chi connectivity index (χ1) is 2.00. The molecule has 0 aliphatic rings. The van der Waals surface area contributed by atoms with Crippen molar-refractivity contribution in [1.82, 2.24) is 6.15 Å². The third-order valence-electron chi connectivity index (χ3n) is 0. The van der Waals surface area contributed by atoms with Crippen LogP contribution in [0, 0.1) is 0 Å². The predicted octanol–water partition coefficient (Wildman–Crippen LogP) is -2.24. The van der Waals surface area contributed by atoms with Crippen LogP contribution in [0.15, 0.2) is 0 Å². The molecule has 0 spiro atoms. The Morgan fingerprint density at radius 2 is 1.14 bits per heavy atom. The van der Waals surface area contributed by atoms with Gasteiger partial charge in [-0.2, -0.15) is 0 Å². The van der Waals surface area contributed by atoms with E-state index in [4.69, 9.17) is 14.6 Å². The van der Waals surface area contributed by atoms with Crippen molar-refractivity contribution in [2.45, 2.75) is 0 Å². The summed E-state index contributed by atoms with van der Waals surface area (Å²) in [6, 6.07) is 0. The Hall–Kier alpha value is 0.831. The van der Waals surface area contributed by atoms with E-state index < -0.39 is 16.2 Å². The van der Waals surface area contributed by atoms with Crippen LogP contribution in [0.25, 0.3) is 0 Å². The van der Waals surface area contributed by atoms with Gasteiger partial charge in [0.25, 0.3) is 0 Å². The molecule has 0 aliphatic heterocycles. The van der Waals surface area contributed by atoms with Crippen LogP contribution >= 0.6 is 0 Å². The van der Waals surface area contributed by atoms with Crippen LogP contribution < -0.4 is 13.8 Å². The monoisotopic (exact) mass is 367 g/mol. The van der Waals surface area contributed by atoms with E-state index in [2.05, 4.69) is 0 Å². The molecule has 0 rings (SSSR count). The van der Waals surface area contributed by atoms with Crippen LogP contribution in [-0.4, -0.2) is 0 Å². The summed E-state index contributed by atoms with van der Waals surface area (Å²) in [6.07, 6.45) is 0. The van der Waals surface area contributed by atoms with Crippen LogP contribution in [0.1, 0.15) is 0 Å². The molecule has 0 fully saturated rings. The van der Waals surface area contributed by atoms with Gasteiger partial charge in [0.05, 0.1) is 0 Å². The quantitative estimate of drug-likeness (QED) is 0.489. The van der Waals surface area contributed by atoms with Crippen molar-refractivity contribution in [3.8, 4) is 0 Å². The van der Waals surface area contributed by atoms with Gasteiger partial charge in [0.1, 0.15) is 0 Å². The molecule has 46 valence electrons. The van der Waals surface area contributed by atoms with E-state index in [1.54, 1.807) is 0 Å². The Kier molecular flexibility index (Phi) is 11.1. The second kappa shape index (κ2) is 4.98. The molecule has 0 heterocycles. The summed E-state index contributed by atoms with van der Waals surface area (Å²) in [5.74, 6) is 0. The van der Waals surface area contributed by atoms with Crippen molar-refractivity contribution >= 4 is 0 Å². The maximum atomic E-state index is 8.64. The molecule has 0 aromatic carbocycles. The molecule has 0 atom stereocenters. The van der Waals surface area contributed by atoms with Gasteiger partial charge in [-0.3, -0.25) is 0 Å². The van der Waals surface area contributed by atoms with E-state index in [-0.39, 0.29) is 27.2 Å². The summed E-state index contributed by atoms with van der Waals surface area (Å²) >= 11 is -6.11. The Morgan fingerprint density at radius 1 is 1.14 bits per heavy atom. The second-order valence-electron chi connectivity index (χ2n) is 0.378. The van der Waals surface area contributed by atoms with Crippen molar-refractivity contribution in [3.63, 3.8) is 0 Å². The first-order valence-corrected chi connectivity index (χ1v) is 5.05. The fraction of sp³-hybridized carbons (Fsp3) is 0. The fourth-order valence-electron chi connectivity index (χ4n) is 0. The molecule has 0 aromatic heterocycles. The molecular formula is H4MoNO4Re. The van der Waals surface area contributed by atoms with E-state index in [1.165, 1.54) is 0 Å². The summed E-state index contributed by atoms with van der Waals surface area (Å²) in [5.41, 5.74) is 0. The molecule has 0 unspecified atom stereocenters. The standard InChI is InChI=1S/Mo.H3N.4O.Re/h;1H3;;;;;/q+1;;;;2*-1;/p+1. The van der Waals surface area contributed by atoms with E-state index in [9.17, 15) is 0 Å². The number of hydrogen-bond acceptors (Lipinski definition) is 4. The summed E-state index contributed by atoms with van der Waals surface area (Å²) in [7, 11) is 0. The molecule has 5 nitrogen and oxygen atoms in total. The maximum absolute atomic E-state index is 8.64. The molecule has 0 saturated heterocycles. The van der Waals surface area contributed by atoms with E-state index in [1.807, 2.05) is 0 Å². The molecular weight excluding hydrogens is 360 g/mol. The zero-order valence-corrected chi connectivity index (χ0v) is 8.14. The summed E-state index contributed by atoms with van der Waals surface area (Å²) in [6.45, 7) is 0. The first kappa shape index (κ1) is 15.7. The van der Waals surface area contributed by atoms with Crippen LogP contribution in [0.4, 0.5) is 0 Å². The SMILES string of the molecule is [Mo+].[NH4+].[O]=[Re](=[O])([O-])[O-]. The Morgan fingerprint density at radius 3 is 1.14 bits per heavy atom. The number of hydrogen-bond donors (Lipinski definition) is 1. The molecule has 7 heavy (non-hydrogen) atoms. The van der Waals surface area contributed by atoms with E-state index in [0.29, 0.717) is 0 Å². The van der Waals surface area contributed by atoms with Crippen LogP contribution in [0.2, 0.25) is 0 Å². The average molecular weight is 364 g/mol. The molecule has 0 aliphatic carbocycles. The second-order valence-corrected chi connectivity index (χ2v) is 3.09. The van der Waals surface area contributed by atoms with Gasteiger partial charge in [-0.1, -0.05) is 0 Å². The minimum absolute atomic E-state index is 0. The van der Waals surface area contributed by atoms with Gasteiger partial charge in [-0.25, -0.2) is 0 Å². The topological polar surface area (TPSA) is 117 Å². The molecule has 0 amide bonds. The zero-order chi connectivity index (χ0) is 4.50.